The summed E-state index contributed by atoms with van der Waals surface area (Å²) >= 11 is 2.87. The topological polar surface area (TPSA) is 34.1 Å². The lowest BCUT2D eigenvalue weighted by Crippen LogP contribution is -2.15. The fourth-order valence-corrected chi connectivity index (χ4v) is 2.42. The van der Waals surface area contributed by atoms with Crippen molar-refractivity contribution in [1.82, 2.24) is 0 Å². The van der Waals surface area contributed by atoms with Crippen LogP contribution in [0.3, 0.4) is 0 Å². The summed E-state index contributed by atoms with van der Waals surface area (Å²) in [5.41, 5.74) is 0. The highest BCUT2D eigenvalue weighted by molar-refractivity contribution is 8.03. The molecule has 56 valence electrons. The molecule has 1 saturated heterocycles. The Morgan fingerprint density at radius 1 is 0.800 bits per heavy atom. The zero-order valence-corrected chi connectivity index (χ0v) is 7.09. The second-order valence-corrected chi connectivity index (χ2v) is 4.03. The predicted molar refractivity (Wildman–Crippen MR) is 44.7 cm³/mol. The Morgan fingerprint density at radius 3 is 1.40 bits per heavy atom. The van der Waals surface area contributed by atoms with E-state index in [1.807, 2.05) is 0 Å². The number of hydrogen-bond acceptors (Lipinski definition) is 4. The first kappa shape index (κ1) is 8.14. The molecule has 10 heavy (non-hydrogen) atoms. The van der Waals surface area contributed by atoms with Crippen molar-refractivity contribution in [3.63, 3.8) is 0 Å². The van der Waals surface area contributed by atoms with Crippen LogP contribution < -0.4 is 0 Å². The Balaban J connectivity index is 2.34. The fourth-order valence-electron chi connectivity index (χ4n) is 0.641. The maximum Gasteiger partial charge on any atom is 0.152 e. The summed E-state index contributed by atoms with van der Waals surface area (Å²) in [6.07, 6.45) is 0. The SMILES string of the molecule is O=C1CSCC(=O)CSC1. The van der Waals surface area contributed by atoms with Gasteiger partial charge in [-0.2, -0.15) is 0 Å². The lowest BCUT2D eigenvalue weighted by Gasteiger charge is -2.04. The van der Waals surface area contributed by atoms with Crippen LogP contribution in [0.15, 0.2) is 0 Å². The van der Waals surface area contributed by atoms with Gasteiger partial charge in [0.15, 0.2) is 11.6 Å². The minimum absolute atomic E-state index is 0.252. The van der Waals surface area contributed by atoms with Gasteiger partial charge in [-0.1, -0.05) is 0 Å². The molecule has 0 aromatic carbocycles. The molecule has 1 rings (SSSR count). The van der Waals surface area contributed by atoms with Crippen molar-refractivity contribution in [3.8, 4) is 0 Å². The zero-order chi connectivity index (χ0) is 7.40. The average molecular weight is 176 g/mol. The smallest absolute Gasteiger partial charge is 0.152 e. The summed E-state index contributed by atoms with van der Waals surface area (Å²) in [6.45, 7) is 0. The third-order valence-electron chi connectivity index (χ3n) is 1.05. The summed E-state index contributed by atoms with van der Waals surface area (Å²) in [4.78, 5) is 21.6. The molecule has 0 aromatic heterocycles. The Labute approximate surface area is 68.1 Å². The van der Waals surface area contributed by atoms with Gasteiger partial charge in [0.25, 0.3) is 0 Å². The van der Waals surface area contributed by atoms with Gasteiger partial charge in [-0.25, -0.2) is 0 Å². The molecular formula is C6H8O2S2. The molecule has 1 heterocycles. The van der Waals surface area contributed by atoms with Gasteiger partial charge < -0.3 is 0 Å². The van der Waals surface area contributed by atoms with Crippen LogP contribution in [-0.2, 0) is 9.59 Å². The van der Waals surface area contributed by atoms with Crippen molar-refractivity contribution in [3.05, 3.63) is 0 Å². The summed E-state index contributed by atoms with van der Waals surface area (Å²) in [6, 6.07) is 0. The fraction of sp³-hybridized carbons (Fsp3) is 0.667. The molecule has 0 bridgehead atoms. The standard InChI is InChI=1S/C6H8O2S2/c7-5-1-9-3-6(8)4-10-2-5/h1-4H2. The van der Waals surface area contributed by atoms with Crippen molar-refractivity contribution in [2.45, 2.75) is 0 Å². The molecular weight excluding hydrogens is 168 g/mol. The van der Waals surface area contributed by atoms with E-state index in [9.17, 15) is 9.59 Å². The quantitative estimate of drug-likeness (QED) is 0.541. The first-order valence-electron chi connectivity index (χ1n) is 2.98. The lowest BCUT2D eigenvalue weighted by molar-refractivity contribution is -0.114. The number of Topliss-reactive ketones (excluding diaryl/α,β-unsaturated/α-hetero) is 2. The molecule has 0 atom stereocenters. The second kappa shape index (κ2) is 4.03. The van der Waals surface area contributed by atoms with E-state index in [2.05, 4.69) is 0 Å². The van der Waals surface area contributed by atoms with E-state index in [1.165, 1.54) is 23.5 Å². The van der Waals surface area contributed by atoms with Crippen molar-refractivity contribution in [2.75, 3.05) is 23.0 Å². The summed E-state index contributed by atoms with van der Waals surface area (Å²) in [5, 5.41) is 0. The average Bonchev–Trinajstić information content (AvgIpc) is 1.84. The summed E-state index contributed by atoms with van der Waals surface area (Å²) < 4.78 is 0. The van der Waals surface area contributed by atoms with Crippen LogP contribution in [-0.4, -0.2) is 34.6 Å². The minimum atomic E-state index is 0.252. The van der Waals surface area contributed by atoms with Crippen LogP contribution in [0, 0.1) is 0 Å². The Bertz CT molecular complexity index is 126. The molecule has 0 spiro atoms. The van der Waals surface area contributed by atoms with E-state index >= 15 is 0 Å². The molecule has 0 N–H and O–H groups in total. The normalized spacial score (nSPS) is 22.0. The largest absolute Gasteiger partial charge is 0.298 e. The number of carbonyl (C=O) groups excluding carboxylic acids is 2. The van der Waals surface area contributed by atoms with Crippen LogP contribution in [0.25, 0.3) is 0 Å². The molecule has 0 amide bonds. The van der Waals surface area contributed by atoms with Crippen LogP contribution in [0.2, 0.25) is 0 Å². The van der Waals surface area contributed by atoms with Gasteiger partial charge in [0.05, 0.1) is 23.0 Å². The highest BCUT2D eigenvalue weighted by Gasteiger charge is 2.10. The summed E-state index contributed by atoms with van der Waals surface area (Å²) in [7, 11) is 0. The van der Waals surface area contributed by atoms with Crippen molar-refractivity contribution in [1.29, 1.82) is 0 Å². The van der Waals surface area contributed by atoms with Crippen molar-refractivity contribution >= 4 is 35.1 Å². The van der Waals surface area contributed by atoms with E-state index in [0.29, 0.717) is 23.0 Å². The van der Waals surface area contributed by atoms with Gasteiger partial charge >= 0.3 is 0 Å². The van der Waals surface area contributed by atoms with Crippen LogP contribution in [0.5, 0.6) is 0 Å². The van der Waals surface area contributed by atoms with Crippen molar-refractivity contribution in [2.24, 2.45) is 0 Å². The molecule has 4 heteroatoms. The van der Waals surface area contributed by atoms with E-state index in [-0.39, 0.29) is 11.6 Å². The van der Waals surface area contributed by atoms with Crippen molar-refractivity contribution < 1.29 is 9.59 Å². The first-order chi connectivity index (χ1) is 4.79. The van der Waals surface area contributed by atoms with Crippen LogP contribution >= 0.6 is 23.5 Å². The first-order valence-corrected chi connectivity index (χ1v) is 5.29. The monoisotopic (exact) mass is 176 g/mol. The Kier molecular flexibility index (Phi) is 3.28. The predicted octanol–water partition coefficient (Wildman–Crippen LogP) is 0.605. The van der Waals surface area contributed by atoms with Gasteiger partial charge in [0.2, 0.25) is 0 Å². The number of ketones is 2. The van der Waals surface area contributed by atoms with E-state index in [1.54, 1.807) is 0 Å². The molecule has 1 fully saturated rings. The highest BCUT2D eigenvalue weighted by atomic mass is 32.2. The van der Waals surface area contributed by atoms with Gasteiger partial charge in [0, 0.05) is 0 Å². The lowest BCUT2D eigenvalue weighted by atomic mass is 10.5. The molecule has 0 aromatic rings. The van der Waals surface area contributed by atoms with E-state index in [4.69, 9.17) is 0 Å². The summed E-state index contributed by atoms with van der Waals surface area (Å²) in [5.74, 6) is 2.56. The van der Waals surface area contributed by atoms with Gasteiger partial charge in [0.1, 0.15) is 0 Å². The molecule has 0 aliphatic carbocycles. The molecule has 2 nitrogen and oxygen atoms in total. The zero-order valence-electron chi connectivity index (χ0n) is 5.46. The van der Waals surface area contributed by atoms with Gasteiger partial charge in [-0.15, -0.1) is 23.5 Å². The Hall–Kier alpha value is 0.0400. The number of thioether (sulfide) groups is 2. The van der Waals surface area contributed by atoms with Crippen LogP contribution in [0.1, 0.15) is 0 Å². The van der Waals surface area contributed by atoms with E-state index < -0.39 is 0 Å². The third-order valence-corrected chi connectivity index (χ3v) is 3.16. The molecule has 1 aliphatic rings. The maximum atomic E-state index is 10.8. The number of hydrogen-bond donors (Lipinski definition) is 0. The minimum Gasteiger partial charge on any atom is -0.298 e. The van der Waals surface area contributed by atoms with Crippen LogP contribution in [0.4, 0.5) is 0 Å². The molecule has 0 saturated carbocycles. The number of rotatable bonds is 0. The van der Waals surface area contributed by atoms with Gasteiger partial charge in [-0.05, 0) is 0 Å². The second-order valence-electron chi connectivity index (χ2n) is 2.06. The third kappa shape index (κ3) is 2.75. The molecule has 1 aliphatic heterocycles. The number of carbonyl (C=O) groups is 2. The van der Waals surface area contributed by atoms with E-state index in [0.717, 1.165) is 0 Å². The maximum absolute atomic E-state index is 10.8. The highest BCUT2D eigenvalue weighted by Crippen LogP contribution is 2.11. The Morgan fingerprint density at radius 2 is 1.10 bits per heavy atom. The molecule has 0 unspecified atom stereocenters. The van der Waals surface area contributed by atoms with Gasteiger partial charge in [-0.3, -0.25) is 9.59 Å². The molecule has 0 radical (unpaired) electrons.